The summed E-state index contributed by atoms with van der Waals surface area (Å²) in [5.74, 6) is -1.61. The molecule has 0 bridgehead atoms. The molecular weight excluding hydrogens is 262 g/mol. The Kier molecular flexibility index (Phi) is 5.50. The summed E-state index contributed by atoms with van der Waals surface area (Å²) in [6, 6.07) is -0.478. The van der Waals surface area contributed by atoms with E-state index in [9.17, 15) is 14.4 Å². The summed E-state index contributed by atoms with van der Waals surface area (Å²) < 4.78 is 0. The zero-order valence-corrected chi connectivity index (χ0v) is 12.3. The number of nitrogens with zero attached hydrogens (tertiary/aromatic N) is 2. The van der Waals surface area contributed by atoms with Gasteiger partial charge in [0.15, 0.2) is 0 Å². The highest BCUT2D eigenvalue weighted by molar-refractivity contribution is 5.95. The minimum atomic E-state index is -1.05. The fraction of sp³-hybridized carbons (Fsp3) is 0.769. The molecule has 1 rings (SSSR count). The second-order valence-electron chi connectivity index (χ2n) is 5.58. The van der Waals surface area contributed by atoms with E-state index in [-0.39, 0.29) is 18.4 Å². The van der Waals surface area contributed by atoms with Crippen LogP contribution in [0.2, 0.25) is 0 Å². The molecule has 0 aromatic rings. The van der Waals surface area contributed by atoms with E-state index in [0.29, 0.717) is 6.54 Å². The number of nitrogens with one attached hydrogen (secondary N) is 1. The van der Waals surface area contributed by atoms with Crippen LogP contribution < -0.4 is 5.32 Å². The molecule has 1 saturated carbocycles. The fourth-order valence-corrected chi connectivity index (χ4v) is 2.34. The number of carbonyl (C=O) groups is 3. The summed E-state index contributed by atoms with van der Waals surface area (Å²) in [7, 11) is 5.62. The van der Waals surface area contributed by atoms with Crippen LogP contribution in [0.25, 0.3) is 0 Å². The van der Waals surface area contributed by atoms with E-state index in [4.69, 9.17) is 5.11 Å². The lowest BCUT2D eigenvalue weighted by Crippen LogP contribution is -2.58. The van der Waals surface area contributed by atoms with Crippen LogP contribution in [0.4, 0.5) is 4.79 Å². The molecule has 20 heavy (non-hydrogen) atoms. The molecule has 3 amide bonds. The lowest BCUT2D eigenvalue weighted by Gasteiger charge is -2.49. The van der Waals surface area contributed by atoms with Gasteiger partial charge in [-0.3, -0.25) is 14.9 Å². The summed E-state index contributed by atoms with van der Waals surface area (Å²) in [6.07, 6.45) is 2.75. The fourth-order valence-electron chi connectivity index (χ4n) is 2.34. The molecule has 0 aromatic heterocycles. The number of likely N-dealkylation sites (N-methyl/N-ethyl adjacent to an activating group) is 2. The quantitative estimate of drug-likeness (QED) is 0.742. The Hall–Kier alpha value is -1.63. The van der Waals surface area contributed by atoms with Crippen molar-refractivity contribution < 1.29 is 19.5 Å². The van der Waals surface area contributed by atoms with Gasteiger partial charge in [-0.25, -0.2) is 4.79 Å². The van der Waals surface area contributed by atoms with Crippen molar-refractivity contribution in [1.29, 1.82) is 0 Å². The number of imide groups is 1. The van der Waals surface area contributed by atoms with Crippen molar-refractivity contribution in [1.82, 2.24) is 15.1 Å². The molecule has 1 fully saturated rings. The molecule has 0 aromatic carbocycles. The molecular formula is C13H23N3O4. The predicted molar refractivity (Wildman–Crippen MR) is 73.3 cm³/mol. The Morgan fingerprint density at radius 3 is 2.15 bits per heavy atom. The second kappa shape index (κ2) is 6.69. The SMILES string of the molecule is CN(CC1(N(C)C)CCC1)C(=O)NC(=O)CCC(=O)O. The zero-order valence-electron chi connectivity index (χ0n) is 12.3. The number of aliphatic carboxylic acids is 1. The number of carboxylic acids is 1. The minimum Gasteiger partial charge on any atom is -0.481 e. The highest BCUT2D eigenvalue weighted by atomic mass is 16.4. The highest BCUT2D eigenvalue weighted by Crippen LogP contribution is 2.36. The summed E-state index contributed by atoms with van der Waals surface area (Å²) in [4.78, 5) is 37.2. The van der Waals surface area contributed by atoms with Crippen LogP contribution >= 0.6 is 0 Å². The Morgan fingerprint density at radius 1 is 1.15 bits per heavy atom. The van der Waals surface area contributed by atoms with Crippen LogP contribution in [0.15, 0.2) is 0 Å². The molecule has 0 aliphatic heterocycles. The number of hydrogen-bond donors (Lipinski definition) is 2. The van der Waals surface area contributed by atoms with Gasteiger partial charge in [-0.15, -0.1) is 0 Å². The van der Waals surface area contributed by atoms with Crippen molar-refractivity contribution in [2.75, 3.05) is 27.7 Å². The summed E-state index contributed by atoms with van der Waals surface area (Å²) in [5.41, 5.74) is -0.00377. The van der Waals surface area contributed by atoms with Crippen LogP contribution in [-0.4, -0.2) is 66.0 Å². The molecule has 7 heteroatoms. The lowest BCUT2D eigenvalue weighted by molar-refractivity contribution is -0.138. The van der Waals surface area contributed by atoms with Crippen LogP contribution in [0.5, 0.6) is 0 Å². The van der Waals surface area contributed by atoms with Crippen molar-refractivity contribution >= 4 is 17.9 Å². The largest absolute Gasteiger partial charge is 0.481 e. The van der Waals surface area contributed by atoms with Crippen LogP contribution in [-0.2, 0) is 9.59 Å². The van der Waals surface area contributed by atoms with E-state index in [1.165, 1.54) is 4.90 Å². The Balaban J connectivity index is 2.43. The van der Waals surface area contributed by atoms with E-state index < -0.39 is 17.9 Å². The first kappa shape index (κ1) is 16.4. The van der Waals surface area contributed by atoms with Gasteiger partial charge in [0, 0.05) is 25.6 Å². The van der Waals surface area contributed by atoms with Gasteiger partial charge >= 0.3 is 12.0 Å². The summed E-state index contributed by atoms with van der Waals surface area (Å²) in [6.45, 7) is 0.554. The first-order valence-electron chi connectivity index (χ1n) is 6.71. The number of amides is 3. The molecule has 7 nitrogen and oxygen atoms in total. The number of rotatable bonds is 6. The van der Waals surface area contributed by atoms with Gasteiger partial charge in [-0.1, -0.05) is 0 Å². The predicted octanol–water partition coefficient (Wildman–Crippen LogP) is 0.503. The monoisotopic (exact) mass is 285 g/mol. The van der Waals surface area contributed by atoms with Gasteiger partial charge in [0.25, 0.3) is 0 Å². The van der Waals surface area contributed by atoms with E-state index >= 15 is 0 Å². The minimum absolute atomic E-state index is 0.00377. The number of carboxylic acid groups (broad SMARTS) is 1. The average molecular weight is 285 g/mol. The zero-order chi connectivity index (χ0) is 15.3. The van der Waals surface area contributed by atoms with E-state index in [1.807, 2.05) is 14.1 Å². The van der Waals surface area contributed by atoms with E-state index in [2.05, 4.69) is 10.2 Å². The van der Waals surface area contributed by atoms with Crippen molar-refractivity contribution in [3.63, 3.8) is 0 Å². The van der Waals surface area contributed by atoms with Crippen molar-refractivity contribution in [3.05, 3.63) is 0 Å². The van der Waals surface area contributed by atoms with Gasteiger partial charge in [-0.2, -0.15) is 0 Å². The summed E-state index contributed by atoms with van der Waals surface area (Å²) >= 11 is 0. The molecule has 0 spiro atoms. The molecule has 1 aliphatic rings. The summed E-state index contributed by atoms with van der Waals surface area (Å²) in [5, 5.41) is 10.7. The second-order valence-corrected chi connectivity index (χ2v) is 5.58. The lowest BCUT2D eigenvalue weighted by atomic mass is 9.75. The third-order valence-corrected chi connectivity index (χ3v) is 3.92. The first-order chi connectivity index (χ1) is 9.27. The van der Waals surface area contributed by atoms with E-state index in [1.54, 1.807) is 7.05 Å². The van der Waals surface area contributed by atoms with Crippen LogP contribution in [0.3, 0.4) is 0 Å². The van der Waals surface area contributed by atoms with Crippen molar-refractivity contribution in [2.24, 2.45) is 0 Å². The Bertz CT molecular complexity index is 391. The highest BCUT2D eigenvalue weighted by Gasteiger charge is 2.40. The molecule has 0 radical (unpaired) electrons. The Labute approximate surface area is 118 Å². The molecule has 2 N–H and O–H groups in total. The standard InChI is InChI=1S/C13H23N3O4/c1-15(2)13(7-4-8-13)9-16(3)12(20)14-10(17)5-6-11(18)19/h4-9H2,1-3H3,(H,18,19)(H,14,17,20). The number of hydrogen-bond acceptors (Lipinski definition) is 4. The Morgan fingerprint density at radius 2 is 1.75 bits per heavy atom. The van der Waals surface area contributed by atoms with Crippen LogP contribution in [0, 0.1) is 0 Å². The van der Waals surface area contributed by atoms with E-state index in [0.717, 1.165) is 19.3 Å². The van der Waals surface area contributed by atoms with Crippen molar-refractivity contribution in [3.8, 4) is 0 Å². The average Bonchev–Trinajstić information content (AvgIpc) is 2.30. The maximum atomic E-state index is 11.9. The molecule has 0 atom stereocenters. The van der Waals surface area contributed by atoms with Gasteiger partial charge in [0.05, 0.1) is 6.42 Å². The topological polar surface area (TPSA) is 90.0 Å². The van der Waals surface area contributed by atoms with Gasteiger partial charge < -0.3 is 14.9 Å². The molecule has 114 valence electrons. The normalized spacial score (nSPS) is 16.4. The van der Waals surface area contributed by atoms with Gasteiger partial charge in [0.1, 0.15) is 0 Å². The maximum absolute atomic E-state index is 11.9. The number of carbonyl (C=O) groups excluding carboxylic acids is 2. The molecule has 1 aliphatic carbocycles. The van der Waals surface area contributed by atoms with Gasteiger partial charge in [0.2, 0.25) is 5.91 Å². The third kappa shape index (κ3) is 4.19. The van der Waals surface area contributed by atoms with Gasteiger partial charge in [-0.05, 0) is 33.4 Å². The number of urea groups is 1. The first-order valence-corrected chi connectivity index (χ1v) is 6.71. The molecule has 0 unspecified atom stereocenters. The molecule has 0 saturated heterocycles. The van der Waals surface area contributed by atoms with Crippen molar-refractivity contribution in [2.45, 2.75) is 37.6 Å². The smallest absolute Gasteiger partial charge is 0.323 e. The molecule has 0 heterocycles. The third-order valence-electron chi connectivity index (χ3n) is 3.92. The van der Waals surface area contributed by atoms with Crippen LogP contribution in [0.1, 0.15) is 32.1 Å². The maximum Gasteiger partial charge on any atom is 0.323 e.